The molecule has 0 saturated heterocycles. The molecule has 0 unspecified atom stereocenters. The highest BCUT2D eigenvalue weighted by Crippen LogP contribution is 2.14. The average molecular weight is 231 g/mol. The second-order valence-electron chi connectivity index (χ2n) is 3.16. The monoisotopic (exact) mass is 230 g/mol. The molecule has 0 fully saturated rings. The number of halogens is 1. The molecule has 84 valence electrons. The van der Waals surface area contributed by atoms with Crippen molar-refractivity contribution in [2.24, 2.45) is 0 Å². The van der Waals surface area contributed by atoms with E-state index in [9.17, 15) is 0 Å². The molecule has 0 saturated carbocycles. The van der Waals surface area contributed by atoms with Crippen LogP contribution in [0.15, 0.2) is 24.3 Å². The number of hydrogen-bond donors (Lipinski definition) is 1. The van der Waals surface area contributed by atoms with Gasteiger partial charge in [-0.15, -0.1) is 0 Å². The van der Waals surface area contributed by atoms with Crippen molar-refractivity contribution in [3.63, 3.8) is 0 Å². The van der Waals surface area contributed by atoms with E-state index in [0.29, 0.717) is 6.61 Å². The van der Waals surface area contributed by atoms with E-state index in [1.807, 2.05) is 24.3 Å². The van der Waals surface area contributed by atoms with E-state index < -0.39 is 0 Å². The molecule has 0 spiro atoms. The number of quaternary nitrogens is 1. The van der Waals surface area contributed by atoms with Gasteiger partial charge in [-0.25, -0.2) is 0 Å². The summed E-state index contributed by atoms with van der Waals surface area (Å²) in [6.07, 6.45) is 0. The lowest BCUT2D eigenvalue weighted by molar-refractivity contribution is -0.656. The lowest BCUT2D eigenvalue weighted by Crippen LogP contribution is -2.86. The number of nitrogens with two attached hydrogens (primary N) is 1. The normalized spacial score (nSPS) is 10.3. The smallest absolute Gasteiger partial charge is 0.137 e. The Labute approximate surface area is 95.3 Å². The minimum atomic E-state index is 0.700. The van der Waals surface area contributed by atoms with Gasteiger partial charge in [-0.1, -0.05) is 11.6 Å². The zero-order valence-electron chi connectivity index (χ0n) is 8.91. The summed E-state index contributed by atoms with van der Waals surface area (Å²) in [5.41, 5.74) is 0. The van der Waals surface area contributed by atoms with Gasteiger partial charge in [0.2, 0.25) is 0 Å². The van der Waals surface area contributed by atoms with Gasteiger partial charge in [0, 0.05) is 12.1 Å². The Morgan fingerprint density at radius 2 is 1.80 bits per heavy atom. The zero-order valence-corrected chi connectivity index (χ0v) is 9.67. The molecule has 0 aliphatic heterocycles. The zero-order chi connectivity index (χ0) is 10.9. The molecular weight excluding hydrogens is 214 g/mol. The van der Waals surface area contributed by atoms with Crippen LogP contribution >= 0.6 is 11.6 Å². The maximum absolute atomic E-state index is 5.75. The van der Waals surface area contributed by atoms with Crippen molar-refractivity contribution in [2.75, 3.05) is 33.4 Å². The molecule has 0 amide bonds. The molecule has 4 heteroatoms. The van der Waals surface area contributed by atoms with E-state index in [1.165, 1.54) is 0 Å². The van der Waals surface area contributed by atoms with Gasteiger partial charge in [0.15, 0.2) is 0 Å². The Bertz CT molecular complexity index is 264. The van der Waals surface area contributed by atoms with Crippen LogP contribution in [0, 0.1) is 0 Å². The largest absolute Gasteiger partial charge is 0.488 e. The summed E-state index contributed by atoms with van der Waals surface area (Å²) in [6, 6.07) is 7.39. The van der Waals surface area contributed by atoms with Crippen LogP contribution in [-0.2, 0) is 4.74 Å². The molecule has 0 aliphatic carbocycles. The lowest BCUT2D eigenvalue weighted by atomic mass is 10.3. The van der Waals surface area contributed by atoms with Gasteiger partial charge in [-0.3, -0.25) is 0 Å². The Morgan fingerprint density at radius 3 is 2.47 bits per heavy atom. The summed E-state index contributed by atoms with van der Waals surface area (Å²) in [6.45, 7) is 3.39. The summed E-state index contributed by atoms with van der Waals surface area (Å²) in [4.78, 5) is 0. The molecule has 0 atom stereocenters. The Kier molecular flexibility index (Phi) is 6.16. The van der Waals surface area contributed by atoms with Crippen molar-refractivity contribution in [1.29, 1.82) is 0 Å². The standard InChI is InChI=1S/C11H16ClNO2/c1-14-8-6-13-7-9-15-11-4-2-10(12)3-5-11/h2-5,13H,6-9H2,1H3/p+1. The molecule has 0 aromatic heterocycles. The van der Waals surface area contributed by atoms with Crippen molar-refractivity contribution >= 4 is 11.6 Å². The van der Waals surface area contributed by atoms with Crippen LogP contribution in [0.4, 0.5) is 0 Å². The second kappa shape index (κ2) is 7.51. The first-order chi connectivity index (χ1) is 7.33. The summed E-state index contributed by atoms with van der Waals surface area (Å²) in [7, 11) is 1.71. The maximum atomic E-state index is 5.75. The molecule has 3 nitrogen and oxygen atoms in total. The number of ether oxygens (including phenoxy) is 2. The molecule has 1 aromatic rings. The molecule has 1 rings (SSSR count). The predicted octanol–water partition coefficient (Wildman–Crippen LogP) is 0.929. The van der Waals surface area contributed by atoms with E-state index in [0.717, 1.165) is 30.5 Å². The quantitative estimate of drug-likeness (QED) is 0.708. The molecule has 2 N–H and O–H groups in total. The summed E-state index contributed by atoms with van der Waals surface area (Å²) in [5, 5.41) is 2.90. The van der Waals surface area contributed by atoms with E-state index >= 15 is 0 Å². The van der Waals surface area contributed by atoms with Gasteiger partial charge in [-0.2, -0.15) is 0 Å². The minimum Gasteiger partial charge on any atom is -0.488 e. The summed E-state index contributed by atoms with van der Waals surface area (Å²) >= 11 is 5.75. The van der Waals surface area contributed by atoms with Crippen LogP contribution < -0.4 is 10.1 Å². The van der Waals surface area contributed by atoms with Crippen molar-refractivity contribution < 1.29 is 14.8 Å². The van der Waals surface area contributed by atoms with Crippen molar-refractivity contribution in [3.8, 4) is 5.75 Å². The molecule has 0 bridgehead atoms. The van der Waals surface area contributed by atoms with Crippen LogP contribution in [0.3, 0.4) is 0 Å². The highest BCUT2D eigenvalue weighted by molar-refractivity contribution is 6.30. The fourth-order valence-electron chi connectivity index (χ4n) is 1.14. The van der Waals surface area contributed by atoms with Gasteiger partial charge in [0.25, 0.3) is 0 Å². The average Bonchev–Trinajstić information content (AvgIpc) is 2.26. The molecule has 0 aliphatic rings. The highest BCUT2D eigenvalue weighted by Gasteiger charge is 1.94. The van der Waals surface area contributed by atoms with E-state index in [-0.39, 0.29) is 0 Å². The number of hydrogen-bond acceptors (Lipinski definition) is 2. The molecule has 1 aromatic carbocycles. The van der Waals surface area contributed by atoms with Crippen molar-refractivity contribution in [1.82, 2.24) is 0 Å². The number of rotatable bonds is 7. The van der Waals surface area contributed by atoms with E-state index in [2.05, 4.69) is 5.32 Å². The highest BCUT2D eigenvalue weighted by atomic mass is 35.5. The number of methoxy groups -OCH3 is 1. The Balaban J connectivity index is 2.07. The first-order valence-electron chi connectivity index (χ1n) is 5.02. The van der Waals surface area contributed by atoms with Crippen LogP contribution in [0.1, 0.15) is 0 Å². The minimum absolute atomic E-state index is 0.700. The first kappa shape index (κ1) is 12.3. The predicted molar refractivity (Wildman–Crippen MR) is 60.5 cm³/mol. The van der Waals surface area contributed by atoms with Gasteiger partial charge >= 0.3 is 0 Å². The first-order valence-corrected chi connectivity index (χ1v) is 5.39. The van der Waals surface area contributed by atoms with E-state index in [4.69, 9.17) is 21.1 Å². The molecule has 0 heterocycles. The third-order valence-electron chi connectivity index (χ3n) is 1.93. The van der Waals surface area contributed by atoms with Crippen LogP contribution in [0.25, 0.3) is 0 Å². The van der Waals surface area contributed by atoms with Crippen LogP contribution in [0.2, 0.25) is 5.02 Å². The van der Waals surface area contributed by atoms with Gasteiger partial charge in [0.1, 0.15) is 18.9 Å². The van der Waals surface area contributed by atoms with Gasteiger partial charge < -0.3 is 14.8 Å². The van der Waals surface area contributed by atoms with E-state index in [1.54, 1.807) is 7.11 Å². The van der Waals surface area contributed by atoms with Gasteiger partial charge in [0.05, 0.1) is 13.2 Å². The third-order valence-corrected chi connectivity index (χ3v) is 2.18. The van der Waals surface area contributed by atoms with Gasteiger partial charge in [-0.05, 0) is 24.3 Å². The SMILES string of the molecule is COCC[NH2+]CCOc1ccc(Cl)cc1. The molecular formula is C11H17ClNO2+. The van der Waals surface area contributed by atoms with Crippen molar-refractivity contribution in [3.05, 3.63) is 29.3 Å². The summed E-state index contributed by atoms with van der Waals surface area (Å²) in [5.74, 6) is 0.861. The van der Waals surface area contributed by atoms with Crippen molar-refractivity contribution in [2.45, 2.75) is 0 Å². The Hall–Kier alpha value is -0.770. The fraction of sp³-hybridized carbons (Fsp3) is 0.455. The lowest BCUT2D eigenvalue weighted by Gasteiger charge is -2.05. The van der Waals surface area contributed by atoms with Crippen LogP contribution in [-0.4, -0.2) is 33.4 Å². The second-order valence-corrected chi connectivity index (χ2v) is 3.60. The summed E-state index contributed by atoms with van der Waals surface area (Å²) < 4.78 is 10.4. The topological polar surface area (TPSA) is 35.1 Å². The van der Waals surface area contributed by atoms with Crippen LogP contribution in [0.5, 0.6) is 5.75 Å². The number of benzene rings is 1. The molecule has 15 heavy (non-hydrogen) atoms. The maximum Gasteiger partial charge on any atom is 0.137 e. The molecule has 0 radical (unpaired) electrons. The third kappa shape index (κ3) is 5.62. The Morgan fingerprint density at radius 1 is 1.13 bits per heavy atom. The fourth-order valence-corrected chi connectivity index (χ4v) is 1.26.